The number of hydrogen-bond donors (Lipinski definition) is 0. The van der Waals surface area contributed by atoms with Gasteiger partial charge in [-0.1, -0.05) is 65.9 Å². The van der Waals surface area contributed by atoms with Crippen LogP contribution in [0.1, 0.15) is 30.9 Å². The molecule has 0 heterocycles. The Morgan fingerprint density at radius 1 is 1.00 bits per heavy atom. The summed E-state index contributed by atoms with van der Waals surface area (Å²) in [5.74, 6) is 6.29. The first kappa shape index (κ1) is 15.6. The molecule has 23 heavy (non-hydrogen) atoms. The molecule has 1 atom stereocenters. The van der Waals surface area contributed by atoms with Crippen LogP contribution in [0, 0.1) is 11.8 Å². The Morgan fingerprint density at radius 2 is 1.65 bits per heavy atom. The molecular weight excluding hydrogens is 280 g/mol. The Bertz CT molecular complexity index is 717. The summed E-state index contributed by atoms with van der Waals surface area (Å²) in [6.07, 6.45) is 3.43. The van der Waals surface area contributed by atoms with Crippen molar-refractivity contribution in [3.63, 3.8) is 0 Å². The highest BCUT2D eigenvalue weighted by molar-refractivity contribution is 5.37. The zero-order valence-corrected chi connectivity index (χ0v) is 13.6. The van der Waals surface area contributed by atoms with E-state index < -0.39 is 0 Å². The molecule has 1 aliphatic rings. The van der Waals surface area contributed by atoms with Crippen molar-refractivity contribution in [1.29, 1.82) is 0 Å². The molecule has 0 saturated heterocycles. The number of allylic oxidation sites excluding steroid dienone is 1. The zero-order valence-electron chi connectivity index (χ0n) is 13.6. The Labute approximate surface area is 139 Å². The second kappa shape index (κ2) is 7.81. The van der Waals surface area contributed by atoms with E-state index in [1.165, 1.54) is 16.7 Å². The zero-order chi connectivity index (χ0) is 15.9. The van der Waals surface area contributed by atoms with Crippen LogP contribution in [0.3, 0.4) is 0 Å². The van der Waals surface area contributed by atoms with E-state index in [9.17, 15) is 0 Å². The van der Waals surface area contributed by atoms with E-state index in [1.54, 1.807) is 0 Å². The van der Waals surface area contributed by atoms with E-state index in [0.717, 1.165) is 24.8 Å². The highest BCUT2D eigenvalue weighted by atomic mass is 16.5. The fraction of sp³-hybridized carbons (Fsp3) is 0.273. The highest BCUT2D eigenvalue weighted by Crippen LogP contribution is 2.36. The lowest BCUT2D eigenvalue weighted by Crippen LogP contribution is -2.13. The Balaban J connectivity index is 1.53. The van der Waals surface area contributed by atoms with Crippen molar-refractivity contribution in [1.82, 2.24) is 0 Å². The first-order valence-electron chi connectivity index (χ1n) is 8.21. The lowest BCUT2D eigenvalue weighted by molar-refractivity contribution is 0.101. The first-order chi connectivity index (χ1) is 11.3. The fourth-order valence-electron chi connectivity index (χ4n) is 2.73. The smallest absolute Gasteiger partial charge is 0.108 e. The van der Waals surface area contributed by atoms with Gasteiger partial charge in [0.05, 0.1) is 6.10 Å². The van der Waals surface area contributed by atoms with Crippen LogP contribution in [0.25, 0.3) is 0 Å². The van der Waals surface area contributed by atoms with E-state index in [4.69, 9.17) is 4.74 Å². The molecule has 1 unspecified atom stereocenters. The molecule has 1 nitrogen and oxygen atoms in total. The van der Waals surface area contributed by atoms with Crippen LogP contribution in [-0.4, -0.2) is 12.7 Å². The van der Waals surface area contributed by atoms with Gasteiger partial charge < -0.3 is 4.74 Å². The highest BCUT2D eigenvalue weighted by Gasteiger charge is 2.26. The third-order valence-corrected chi connectivity index (χ3v) is 4.17. The third-order valence-electron chi connectivity index (χ3n) is 4.17. The van der Waals surface area contributed by atoms with E-state index >= 15 is 0 Å². The number of rotatable bonds is 6. The van der Waals surface area contributed by atoms with Gasteiger partial charge >= 0.3 is 0 Å². The monoisotopic (exact) mass is 302 g/mol. The molecule has 1 heteroatoms. The van der Waals surface area contributed by atoms with Crippen molar-refractivity contribution < 1.29 is 4.74 Å². The fourth-order valence-corrected chi connectivity index (χ4v) is 2.73. The summed E-state index contributed by atoms with van der Waals surface area (Å²) >= 11 is 0. The van der Waals surface area contributed by atoms with E-state index in [0.29, 0.717) is 6.61 Å². The molecule has 0 aromatic heterocycles. The van der Waals surface area contributed by atoms with Gasteiger partial charge in [-0.2, -0.15) is 0 Å². The Morgan fingerprint density at radius 3 is 2.30 bits per heavy atom. The summed E-state index contributed by atoms with van der Waals surface area (Å²) in [4.78, 5) is 0. The number of benzene rings is 2. The summed E-state index contributed by atoms with van der Waals surface area (Å²) < 4.78 is 6.05. The number of aryl methyl sites for hydroxylation is 1. The molecule has 0 aliphatic heterocycles. The van der Waals surface area contributed by atoms with Crippen molar-refractivity contribution >= 4 is 0 Å². The minimum atomic E-state index is 0.222. The van der Waals surface area contributed by atoms with Crippen molar-refractivity contribution in [3.8, 4) is 11.8 Å². The van der Waals surface area contributed by atoms with Crippen LogP contribution >= 0.6 is 0 Å². The maximum Gasteiger partial charge on any atom is 0.108 e. The van der Waals surface area contributed by atoms with E-state index in [-0.39, 0.29) is 6.10 Å². The van der Waals surface area contributed by atoms with Gasteiger partial charge in [-0.3, -0.25) is 0 Å². The van der Waals surface area contributed by atoms with Gasteiger partial charge in [-0.15, -0.1) is 0 Å². The molecule has 0 radical (unpaired) electrons. The standard InChI is InChI=1S/C22H22O/c1-18-17-21(18)22(15-14-20-11-6-3-7-12-20)23-16-8-13-19-9-4-2-5-10-19/h2-7,9-12,22H,14-17H2,1H3. The van der Waals surface area contributed by atoms with Gasteiger partial charge in [0.2, 0.25) is 0 Å². The van der Waals surface area contributed by atoms with Gasteiger partial charge in [0.15, 0.2) is 0 Å². The summed E-state index contributed by atoms with van der Waals surface area (Å²) in [7, 11) is 0. The second-order valence-electron chi connectivity index (χ2n) is 5.97. The van der Waals surface area contributed by atoms with Crippen LogP contribution in [0.5, 0.6) is 0 Å². The second-order valence-corrected chi connectivity index (χ2v) is 5.97. The largest absolute Gasteiger partial charge is 0.361 e. The third kappa shape index (κ3) is 4.84. The molecule has 0 spiro atoms. The summed E-state index contributed by atoms with van der Waals surface area (Å²) in [6, 6.07) is 20.7. The van der Waals surface area contributed by atoms with Crippen LogP contribution in [0.4, 0.5) is 0 Å². The Hall–Kier alpha value is -2.30. The average Bonchev–Trinajstić information content (AvgIpc) is 3.32. The van der Waals surface area contributed by atoms with Gasteiger partial charge in [-0.25, -0.2) is 0 Å². The van der Waals surface area contributed by atoms with E-state index in [1.807, 2.05) is 30.3 Å². The van der Waals surface area contributed by atoms with Gasteiger partial charge in [-0.05, 0) is 49.5 Å². The molecule has 0 saturated carbocycles. The van der Waals surface area contributed by atoms with Gasteiger partial charge in [0.1, 0.15) is 6.61 Å². The van der Waals surface area contributed by atoms with Crippen molar-refractivity contribution in [2.75, 3.05) is 6.61 Å². The van der Waals surface area contributed by atoms with Crippen LogP contribution in [-0.2, 0) is 11.2 Å². The predicted octanol–water partition coefficient (Wildman–Crippen LogP) is 4.78. The van der Waals surface area contributed by atoms with Gasteiger partial charge in [0.25, 0.3) is 0 Å². The molecule has 3 rings (SSSR count). The lowest BCUT2D eigenvalue weighted by atomic mass is 10.1. The molecule has 0 fully saturated rings. The van der Waals surface area contributed by atoms with Crippen LogP contribution in [0.2, 0.25) is 0 Å². The summed E-state index contributed by atoms with van der Waals surface area (Å²) in [6.45, 7) is 2.69. The average molecular weight is 302 g/mol. The predicted molar refractivity (Wildman–Crippen MR) is 95.1 cm³/mol. The first-order valence-corrected chi connectivity index (χ1v) is 8.21. The molecule has 0 amide bonds. The van der Waals surface area contributed by atoms with Crippen LogP contribution in [0.15, 0.2) is 71.8 Å². The SMILES string of the molecule is CC1=C(C(CCc2ccccc2)OCC#Cc2ccccc2)C1. The molecule has 1 aliphatic carbocycles. The van der Waals surface area contributed by atoms with Crippen LogP contribution < -0.4 is 0 Å². The molecule has 116 valence electrons. The quantitative estimate of drug-likeness (QED) is 0.551. The summed E-state index contributed by atoms with van der Waals surface area (Å²) in [5.41, 5.74) is 5.37. The molecular formula is C22H22O. The summed E-state index contributed by atoms with van der Waals surface area (Å²) in [5, 5.41) is 0. The molecule has 2 aromatic carbocycles. The number of ether oxygens (including phenoxy) is 1. The van der Waals surface area contributed by atoms with Crippen molar-refractivity contribution in [3.05, 3.63) is 82.9 Å². The van der Waals surface area contributed by atoms with Gasteiger partial charge in [0, 0.05) is 5.56 Å². The maximum absolute atomic E-state index is 6.05. The molecule has 2 aromatic rings. The maximum atomic E-state index is 6.05. The molecule has 0 N–H and O–H groups in total. The molecule has 0 bridgehead atoms. The minimum absolute atomic E-state index is 0.222. The lowest BCUT2D eigenvalue weighted by Gasteiger charge is -2.13. The van der Waals surface area contributed by atoms with Crippen molar-refractivity contribution in [2.45, 2.75) is 32.3 Å². The van der Waals surface area contributed by atoms with E-state index in [2.05, 4.69) is 49.1 Å². The minimum Gasteiger partial charge on any atom is -0.361 e. The topological polar surface area (TPSA) is 9.23 Å². The van der Waals surface area contributed by atoms with Crippen molar-refractivity contribution in [2.24, 2.45) is 0 Å². The number of hydrogen-bond acceptors (Lipinski definition) is 1. The normalized spacial score (nSPS) is 14.1. The Kier molecular flexibility index (Phi) is 5.29.